The van der Waals surface area contributed by atoms with Crippen molar-refractivity contribution in [2.45, 2.75) is 13.3 Å². The van der Waals surface area contributed by atoms with Crippen LogP contribution in [0.25, 0.3) is 0 Å². The molecule has 1 aromatic carbocycles. The zero-order chi connectivity index (χ0) is 12.3. The van der Waals surface area contributed by atoms with Crippen molar-refractivity contribution >= 4 is 27.9 Å². The van der Waals surface area contributed by atoms with E-state index in [1.54, 1.807) is 12.1 Å². The number of nitrogens with one attached hydrogen (secondary N) is 1. The van der Waals surface area contributed by atoms with Gasteiger partial charge in [-0.3, -0.25) is 4.79 Å². The number of hydrogen-bond donors (Lipinski definition) is 2. The minimum atomic E-state index is -0.115. The second-order valence-electron chi connectivity index (χ2n) is 3.71. The molecule has 0 bridgehead atoms. The summed E-state index contributed by atoms with van der Waals surface area (Å²) in [6.07, 6.45) is 0.996. The molecule has 2 rings (SSSR count). The molecule has 0 atom stereocenters. The van der Waals surface area contributed by atoms with Gasteiger partial charge in [0.05, 0.1) is 9.88 Å². The lowest BCUT2D eigenvalue weighted by Gasteiger charge is -2.04. The lowest BCUT2D eigenvalue weighted by molar-refractivity contribution is 0.103. The first-order valence-corrected chi connectivity index (χ1v) is 6.26. The molecule has 0 aliphatic heterocycles. The van der Waals surface area contributed by atoms with Gasteiger partial charge in [0, 0.05) is 5.69 Å². The number of amides is 1. The molecule has 0 spiro atoms. The van der Waals surface area contributed by atoms with E-state index in [0.29, 0.717) is 9.88 Å². The summed E-state index contributed by atoms with van der Waals surface area (Å²) < 4.78 is 0. The van der Waals surface area contributed by atoms with Crippen LogP contribution in [-0.2, 0) is 6.42 Å². The van der Waals surface area contributed by atoms with Gasteiger partial charge in [-0.15, -0.1) is 11.3 Å². The molecular weight excluding hydrogens is 232 g/mol. The van der Waals surface area contributed by atoms with Gasteiger partial charge in [-0.05, 0) is 36.2 Å². The van der Waals surface area contributed by atoms with E-state index in [1.807, 2.05) is 24.3 Å². The van der Waals surface area contributed by atoms with Crippen molar-refractivity contribution in [1.82, 2.24) is 0 Å². The second-order valence-corrected chi connectivity index (χ2v) is 4.82. The summed E-state index contributed by atoms with van der Waals surface area (Å²) in [4.78, 5) is 12.5. The van der Waals surface area contributed by atoms with E-state index in [4.69, 9.17) is 5.73 Å². The number of carbonyl (C=O) groups is 1. The number of nitrogen functional groups attached to an aromatic ring is 1. The minimum absolute atomic E-state index is 0.115. The molecule has 4 heteroatoms. The van der Waals surface area contributed by atoms with E-state index < -0.39 is 0 Å². The van der Waals surface area contributed by atoms with Crippen LogP contribution in [0.3, 0.4) is 0 Å². The lowest BCUT2D eigenvalue weighted by atomic mass is 10.1. The molecule has 88 valence electrons. The molecule has 0 unspecified atom stereocenters. The summed E-state index contributed by atoms with van der Waals surface area (Å²) in [5.74, 6) is -0.115. The number of anilines is 2. The van der Waals surface area contributed by atoms with Gasteiger partial charge >= 0.3 is 0 Å². The fourth-order valence-electron chi connectivity index (χ4n) is 1.49. The van der Waals surface area contributed by atoms with Crippen LogP contribution in [0.5, 0.6) is 0 Å². The number of thiophene rings is 1. The Morgan fingerprint density at radius 2 is 1.94 bits per heavy atom. The molecule has 1 amide bonds. The molecule has 3 nitrogen and oxygen atoms in total. The Kier molecular flexibility index (Phi) is 3.44. The van der Waals surface area contributed by atoms with Gasteiger partial charge in [0.25, 0.3) is 5.91 Å². The van der Waals surface area contributed by atoms with Crippen LogP contribution < -0.4 is 11.1 Å². The standard InChI is InChI=1S/C13H14N2OS/c1-2-9-3-5-10(6-4-9)15-13(16)11-7-8-12(14)17-11/h3-8H,2,14H2,1H3,(H,15,16). The monoisotopic (exact) mass is 246 g/mol. The molecule has 0 radical (unpaired) electrons. The summed E-state index contributed by atoms with van der Waals surface area (Å²) in [5.41, 5.74) is 7.64. The van der Waals surface area contributed by atoms with Gasteiger partial charge in [-0.25, -0.2) is 0 Å². The van der Waals surface area contributed by atoms with Crippen LogP contribution in [-0.4, -0.2) is 5.91 Å². The average Bonchev–Trinajstić information content (AvgIpc) is 2.77. The van der Waals surface area contributed by atoms with Gasteiger partial charge < -0.3 is 11.1 Å². The van der Waals surface area contributed by atoms with Crippen molar-refractivity contribution in [2.75, 3.05) is 11.1 Å². The Balaban J connectivity index is 2.07. The third-order valence-electron chi connectivity index (χ3n) is 2.47. The average molecular weight is 246 g/mol. The Hall–Kier alpha value is -1.81. The summed E-state index contributed by atoms with van der Waals surface area (Å²) in [6.45, 7) is 2.10. The Morgan fingerprint density at radius 3 is 2.47 bits per heavy atom. The molecule has 1 heterocycles. The Morgan fingerprint density at radius 1 is 1.24 bits per heavy atom. The predicted octanol–water partition coefficient (Wildman–Crippen LogP) is 3.15. The van der Waals surface area contributed by atoms with E-state index >= 15 is 0 Å². The van der Waals surface area contributed by atoms with Crippen LogP contribution in [0.15, 0.2) is 36.4 Å². The fourth-order valence-corrected chi connectivity index (χ4v) is 2.16. The van der Waals surface area contributed by atoms with Crippen molar-refractivity contribution < 1.29 is 4.79 Å². The first kappa shape index (κ1) is 11.7. The zero-order valence-corrected chi connectivity index (χ0v) is 10.4. The van der Waals surface area contributed by atoms with Crippen LogP contribution in [0, 0.1) is 0 Å². The first-order valence-electron chi connectivity index (χ1n) is 5.44. The highest BCUT2D eigenvalue weighted by Gasteiger charge is 2.08. The van der Waals surface area contributed by atoms with E-state index in [2.05, 4.69) is 12.2 Å². The van der Waals surface area contributed by atoms with Crippen LogP contribution in [0.1, 0.15) is 22.2 Å². The Labute approximate surface area is 104 Å². The normalized spacial score (nSPS) is 10.2. The van der Waals surface area contributed by atoms with Crippen molar-refractivity contribution in [3.8, 4) is 0 Å². The topological polar surface area (TPSA) is 55.1 Å². The molecule has 0 aliphatic rings. The number of rotatable bonds is 3. The number of hydrogen-bond acceptors (Lipinski definition) is 3. The largest absolute Gasteiger partial charge is 0.391 e. The molecule has 3 N–H and O–H groups in total. The summed E-state index contributed by atoms with van der Waals surface area (Å²) in [6, 6.07) is 11.3. The molecule has 1 aromatic heterocycles. The highest BCUT2D eigenvalue weighted by atomic mass is 32.1. The van der Waals surface area contributed by atoms with E-state index in [9.17, 15) is 4.79 Å². The van der Waals surface area contributed by atoms with Gasteiger partial charge in [-0.2, -0.15) is 0 Å². The van der Waals surface area contributed by atoms with Gasteiger partial charge in [0.2, 0.25) is 0 Å². The highest BCUT2D eigenvalue weighted by molar-refractivity contribution is 7.17. The summed E-state index contributed by atoms with van der Waals surface area (Å²) in [5, 5.41) is 3.49. The van der Waals surface area contributed by atoms with Gasteiger partial charge in [-0.1, -0.05) is 19.1 Å². The number of carbonyl (C=O) groups excluding carboxylic acids is 1. The minimum Gasteiger partial charge on any atom is -0.391 e. The van der Waals surface area contributed by atoms with Gasteiger partial charge in [0.1, 0.15) is 0 Å². The van der Waals surface area contributed by atoms with Gasteiger partial charge in [0.15, 0.2) is 0 Å². The second kappa shape index (κ2) is 5.01. The molecule has 2 aromatic rings. The maximum absolute atomic E-state index is 11.8. The quantitative estimate of drug-likeness (QED) is 0.874. The maximum atomic E-state index is 11.8. The lowest BCUT2D eigenvalue weighted by Crippen LogP contribution is -2.09. The van der Waals surface area contributed by atoms with Crippen molar-refractivity contribution in [3.05, 3.63) is 46.8 Å². The molecular formula is C13H14N2OS. The highest BCUT2D eigenvalue weighted by Crippen LogP contribution is 2.19. The number of aryl methyl sites for hydroxylation is 1. The third kappa shape index (κ3) is 2.85. The zero-order valence-electron chi connectivity index (χ0n) is 9.57. The van der Waals surface area contributed by atoms with E-state index in [0.717, 1.165) is 12.1 Å². The Bertz CT molecular complexity index is 516. The molecule has 17 heavy (non-hydrogen) atoms. The number of nitrogens with two attached hydrogens (primary N) is 1. The van der Waals surface area contributed by atoms with Crippen molar-refractivity contribution in [3.63, 3.8) is 0 Å². The molecule has 0 fully saturated rings. The van der Waals surface area contributed by atoms with E-state index in [-0.39, 0.29) is 5.91 Å². The third-order valence-corrected chi connectivity index (χ3v) is 3.38. The van der Waals surface area contributed by atoms with Crippen LogP contribution in [0.2, 0.25) is 0 Å². The van der Waals surface area contributed by atoms with E-state index in [1.165, 1.54) is 16.9 Å². The van der Waals surface area contributed by atoms with Crippen molar-refractivity contribution in [2.24, 2.45) is 0 Å². The summed E-state index contributed by atoms with van der Waals surface area (Å²) >= 11 is 1.29. The first-order chi connectivity index (χ1) is 8.19. The van der Waals surface area contributed by atoms with Crippen LogP contribution in [0.4, 0.5) is 10.7 Å². The smallest absolute Gasteiger partial charge is 0.265 e. The predicted molar refractivity (Wildman–Crippen MR) is 72.5 cm³/mol. The fraction of sp³-hybridized carbons (Fsp3) is 0.154. The molecule has 0 saturated heterocycles. The number of benzene rings is 1. The maximum Gasteiger partial charge on any atom is 0.265 e. The molecule has 0 saturated carbocycles. The SMILES string of the molecule is CCc1ccc(NC(=O)c2ccc(N)s2)cc1. The molecule has 0 aliphatic carbocycles. The van der Waals surface area contributed by atoms with Crippen LogP contribution >= 0.6 is 11.3 Å². The van der Waals surface area contributed by atoms with Crippen molar-refractivity contribution in [1.29, 1.82) is 0 Å². The summed E-state index contributed by atoms with van der Waals surface area (Å²) in [7, 11) is 0.